The number of aromatic nitrogens is 1. The monoisotopic (exact) mass is 457 g/mol. The van der Waals surface area contributed by atoms with Crippen LogP contribution in [0.25, 0.3) is 65.8 Å². The number of nitrogens with zero attached hydrogens (tertiary/aromatic N) is 1. The molecule has 168 valence electrons. The smallest absolute Gasteiger partial charge is 0.0793 e. The first-order chi connectivity index (χ1) is 17.9. The Bertz CT molecular complexity index is 1820. The minimum Gasteiger partial charge on any atom is -0.256 e. The molecule has 0 saturated heterocycles. The lowest BCUT2D eigenvalue weighted by Gasteiger charge is -2.18. The maximum atomic E-state index is 4.98. The van der Waals surface area contributed by atoms with E-state index < -0.39 is 0 Å². The summed E-state index contributed by atoms with van der Waals surface area (Å²) < 4.78 is 0. The lowest BCUT2D eigenvalue weighted by molar-refractivity contribution is 1.42. The maximum absolute atomic E-state index is 4.98. The molecule has 1 heterocycles. The molecule has 0 N–H and O–H groups in total. The second-order valence-electron chi connectivity index (χ2n) is 9.17. The van der Waals surface area contributed by atoms with Gasteiger partial charge in [0, 0.05) is 17.1 Å². The summed E-state index contributed by atoms with van der Waals surface area (Å²) in [6.07, 6.45) is 1.91. The van der Waals surface area contributed by atoms with E-state index >= 15 is 0 Å². The van der Waals surface area contributed by atoms with Crippen molar-refractivity contribution >= 4 is 32.4 Å². The zero-order chi connectivity index (χ0) is 23.9. The summed E-state index contributed by atoms with van der Waals surface area (Å²) in [6.45, 7) is 0. The molecule has 0 aliphatic carbocycles. The summed E-state index contributed by atoms with van der Waals surface area (Å²) in [7, 11) is 0. The normalized spacial score (nSPS) is 11.3. The molecular formula is C35H23N. The van der Waals surface area contributed by atoms with Crippen molar-refractivity contribution in [3.8, 4) is 33.4 Å². The maximum Gasteiger partial charge on any atom is 0.0793 e. The van der Waals surface area contributed by atoms with Crippen molar-refractivity contribution in [2.24, 2.45) is 0 Å². The van der Waals surface area contributed by atoms with Gasteiger partial charge in [-0.25, -0.2) is 0 Å². The highest BCUT2D eigenvalue weighted by Gasteiger charge is 2.18. The molecule has 0 atom stereocenters. The van der Waals surface area contributed by atoms with E-state index in [1.165, 1.54) is 60.3 Å². The van der Waals surface area contributed by atoms with Crippen LogP contribution in [0.15, 0.2) is 140 Å². The van der Waals surface area contributed by atoms with Crippen LogP contribution >= 0.6 is 0 Å². The third-order valence-corrected chi connectivity index (χ3v) is 7.10. The number of fused-ring (bicyclic) bond motifs is 3. The number of benzene rings is 6. The van der Waals surface area contributed by atoms with Gasteiger partial charge in [-0.15, -0.1) is 0 Å². The highest BCUT2D eigenvalue weighted by molar-refractivity contribution is 6.22. The van der Waals surface area contributed by atoms with Crippen molar-refractivity contribution in [3.05, 3.63) is 140 Å². The molecule has 1 nitrogen and oxygen atoms in total. The van der Waals surface area contributed by atoms with Crippen LogP contribution in [0, 0.1) is 0 Å². The summed E-state index contributed by atoms with van der Waals surface area (Å²) in [4.78, 5) is 4.98. The quantitative estimate of drug-likeness (QED) is 0.241. The van der Waals surface area contributed by atoms with Crippen LogP contribution in [-0.4, -0.2) is 4.98 Å². The Morgan fingerprint density at radius 3 is 1.86 bits per heavy atom. The van der Waals surface area contributed by atoms with Crippen LogP contribution in [0.4, 0.5) is 0 Å². The van der Waals surface area contributed by atoms with Gasteiger partial charge in [-0.2, -0.15) is 0 Å². The molecule has 0 bridgehead atoms. The molecule has 36 heavy (non-hydrogen) atoms. The second-order valence-corrected chi connectivity index (χ2v) is 9.17. The van der Waals surface area contributed by atoms with Crippen molar-refractivity contribution in [2.75, 3.05) is 0 Å². The molecule has 0 spiro atoms. The van der Waals surface area contributed by atoms with Gasteiger partial charge in [0.2, 0.25) is 0 Å². The lowest BCUT2D eigenvalue weighted by atomic mass is 9.86. The van der Waals surface area contributed by atoms with Crippen molar-refractivity contribution in [2.45, 2.75) is 0 Å². The van der Waals surface area contributed by atoms with E-state index in [4.69, 9.17) is 4.98 Å². The Kier molecular flexibility index (Phi) is 4.85. The van der Waals surface area contributed by atoms with E-state index in [-0.39, 0.29) is 0 Å². The van der Waals surface area contributed by atoms with Crippen LogP contribution in [0.5, 0.6) is 0 Å². The summed E-state index contributed by atoms with van der Waals surface area (Å²) in [5.41, 5.74) is 8.32. The molecule has 7 rings (SSSR count). The highest BCUT2D eigenvalue weighted by atomic mass is 14.7. The van der Waals surface area contributed by atoms with Gasteiger partial charge < -0.3 is 0 Å². The van der Waals surface area contributed by atoms with Crippen molar-refractivity contribution in [3.63, 3.8) is 0 Å². The molecule has 0 aliphatic rings. The molecule has 0 fully saturated rings. The van der Waals surface area contributed by atoms with Gasteiger partial charge in [0.05, 0.1) is 5.52 Å². The average molecular weight is 458 g/mol. The predicted molar refractivity (Wildman–Crippen MR) is 153 cm³/mol. The first-order valence-corrected chi connectivity index (χ1v) is 12.3. The fourth-order valence-corrected chi connectivity index (χ4v) is 5.51. The van der Waals surface area contributed by atoms with E-state index in [9.17, 15) is 0 Å². The van der Waals surface area contributed by atoms with Gasteiger partial charge >= 0.3 is 0 Å². The molecule has 0 saturated carbocycles. The fraction of sp³-hybridized carbons (Fsp3) is 0. The summed E-state index contributed by atoms with van der Waals surface area (Å²) in [5.74, 6) is 0. The van der Waals surface area contributed by atoms with Gasteiger partial charge in [-0.05, 0) is 61.5 Å². The zero-order valence-electron chi connectivity index (χ0n) is 19.7. The van der Waals surface area contributed by atoms with Crippen LogP contribution < -0.4 is 0 Å². The van der Waals surface area contributed by atoms with Gasteiger partial charge in [-0.3, -0.25) is 4.98 Å². The number of hydrogen-bond donors (Lipinski definition) is 0. The topological polar surface area (TPSA) is 12.9 Å². The zero-order valence-corrected chi connectivity index (χ0v) is 19.7. The Balaban J connectivity index is 1.59. The summed E-state index contributed by atoms with van der Waals surface area (Å²) in [6, 6.07) is 47.7. The number of pyridine rings is 1. The molecule has 0 amide bonds. The molecule has 0 aliphatic heterocycles. The highest BCUT2D eigenvalue weighted by Crippen LogP contribution is 2.44. The second kappa shape index (κ2) is 8.48. The van der Waals surface area contributed by atoms with Crippen LogP contribution in [0.2, 0.25) is 0 Å². The molecule has 6 aromatic carbocycles. The van der Waals surface area contributed by atoms with Crippen molar-refractivity contribution in [1.82, 2.24) is 4.98 Å². The molecule has 7 aromatic rings. The molecular weight excluding hydrogens is 434 g/mol. The third kappa shape index (κ3) is 3.29. The third-order valence-electron chi connectivity index (χ3n) is 7.10. The van der Waals surface area contributed by atoms with Crippen LogP contribution in [-0.2, 0) is 0 Å². The van der Waals surface area contributed by atoms with E-state index in [1.54, 1.807) is 0 Å². The van der Waals surface area contributed by atoms with Gasteiger partial charge in [0.25, 0.3) is 0 Å². The van der Waals surface area contributed by atoms with Gasteiger partial charge in [0.1, 0.15) is 0 Å². The SMILES string of the molecule is c1ccc(-c2cccc(-c3c4ccccc4c(-c4cccc5ccccc45)c4ncccc34)c2)cc1. The van der Waals surface area contributed by atoms with Crippen LogP contribution in [0.3, 0.4) is 0 Å². The molecule has 0 unspecified atom stereocenters. The van der Waals surface area contributed by atoms with Crippen molar-refractivity contribution in [1.29, 1.82) is 0 Å². The minimum atomic E-state index is 1.03. The summed E-state index contributed by atoms with van der Waals surface area (Å²) >= 11 is 0. The summed E-state index contributed by atoms with van der Waals surface area (Å²) in [5, 5.41) is 6.12. The lowest BCUT2D eigenvalue weighted by Crippen LogP contribution is -1.93. The first-order valence-electron chi connectivity index (χ1n) is 12.3. The average Bonchev–Trinajstić information content (AvgIpc) is 2.96. The van der Waals surface area contributed by atoms with E-state index in [0.717, 1.165) is 5.52 Å². The Morgan fingerprint density at radius 1 is 0.389 bits per heavy atom. The fourth-order valence-electron chi connectivity index (χ4n) is 5.51. The number of hydrogen-bond acceptors (Lipinski definition) is 1. The molecule has 0 radical (unpaired) electrons. The number of rotatable bonds is 3. The first kappa shape index (κ1) is 20.6. The minimum absolute atomic E-state index is 1.03. The molecule has 1 aromatic heterocycles. The standard InChI is InChI=1S/C35H23N/c1-2-11-24(12-3-1)26-15-8-16-27(23-26)33-30-18-6-7-19-31(30)34(35-32(33)21-10-22-36-35)29-20-9-14-25-13-4-5-17-28(25)29/h1-23H. The predicted octanol–water partition coefficient (Wildman–Crippen LogP) is 9.54. The van der Waals surface area contributed by atoms with Crippen LogP contribution in [0.1, 0.15) is 0 Å². The van der Waals surface area contributed by atoms with Gasteiger partial charge in [-0.1, -0.05) is 121 Å². The Morgan fingerprint density at radius 2 is 1.00 bits per heavy atom. The largest absolute Gasteiger partial charge is 0.256 e. The van der Waals surface area contributed by atoms with Crippen molar-refractivity contribution < 1.29 is 0 Å². The Hall–Kier alpha value is -4.75. The van der Waals surface area contributed by atoms with E-state index in [0.29, 0.717) is 0 Å². The molecule has 1 heteroatoms. The van der Waals surface area contributed by atoms with Gasteiger partial charge in [0.15, 0.2) is 0 Å². The van der Waals surface area contributed by atoms with E-state index in [1.807, 2.05) is 6.20 Å². The Labute approximate surface area is 210 Å². The van der Waals surface area contributed by atoms with E-state index in [2.05, 4.69) is 133 Å².